The summed E-state index contributed by atoms with van der Waals surface area (Å²) in [5, 5.41) is 8.19. The molecule has 0 aromatic carbocycles. The molecule has 21 heavy (non-hydrogen) atoms. The van der Waals surface area contributed by atoms with Gasteiger partial charge in [-0.1, -0.05) is 40.5 Å². The summed E-state index contributed by atoms with van der Waals surface area (Å²) in [4.78, 5) is 2.50. The van der Waals surface area contributed by atoms with Gasteiger partial charge in [0.05, 0.1) is 5.69 Å². The summed E-state index contributed by atoms with van der Waals surface area (Å²) in [7, 11) is 2.07. The number of anilines is 1. The molecule has 1 rings (SSSR count). The summed E-state index contributed by atoms with van der Waals surface area (Å²) in [6, 6.07) is 0.492. The lowest BCUT2D eigenvalue weighted by Crippen LogP contribution is -2.32. The molecule has 0 aliphatic heterocycles. The second kappa shape index (κ2) is 8.42. The van der Waals surface area contributed by atoms with Gasteiger partial charge in [-0.15, -0.1) is 0 Å². The molecule has 0 atom stereocenters. The lowest BCUT2D eigenvalue weighted by atomic mass is 10.0. The van der Waals surface area contributed by atoms with Crippen LogP contribution in [0.5, 0.6) is 0 Å². The number of aromatic nitrogens is 2. The standard InChI is InChI=1S/C17H34N4/c1-8-15(9-2)12-21(10-3)17-16(11-18-13(4)5)14(6)19-20(17)7/h13,15,18H,8-12H2,1-7H3. The van der Waals surface area contributed by atoms with Gasteiger partial charge in [-0.3, -0.25) is 4.68 Å². The van der Waals surface area contributed by atoms with E-state index >= 15 is 0 Å². The Morgan fingerprint density at radius 2 is 1.81 bits per heavy atom. The zero-order valence-corrected chi connectivity index (χ0v) is 15.0. The molecule has 1 heterocycles. The van der Waals surface area contributed by atoms with Crippen molar-refractivity contribution in [3.05, 3.63) is 11.3 Å². The van der Waals surface area contributed by atoms with Gasteiger partial charge in [0.1, 0.15) is 5.82 Å². The van der Waals surface area contributed by atoms with Crippen molar-refractivity contribution in [3.8, 4) is 0 Å². The molecule has 0 amide bonds. The molecule has 0 fully saturated rings. The Balaban J connectivity index is 3.01. The van der Waals surface area contributed by atoms with Crippen LogP contribution in [0.2, 0.25) is 0 Å². The van der Waals surface area contributed by atoms with Gasteiger partial charge in [0.15, 0.2) is 0 Å². The average Bonchev–Trinajstić information content (AvgIpc) is 2.72. The van der Waals surface area contributed by atoms with E-state index in [4.69, 9.17) is 0 Å². The van der Waals surface area contributed by atoms with Crippen molar-refractivity contribution in [2.45, 2.75) is 67.0 Å². The van der Waals surface area contributed by atoms with Crippen molar-refractivity contribution in [2.24, 2.45) is 13.0 Å². The van der Waals surface area contributed by atoms with Gasteiger partial charge in [0.25, 0.3) is 0 Å². The van der Waals surface area contributed by atoms with Crippen LogP contribution >= 0.6 is 0 Å². The summed E-state index contributed by atoms with van der Waals surface area (Å²) >= 11 is 0. The molecule has 0 spiro atoms. The van der Waals surface area contributed by atoms with E-state index in [1.807, 2.05) is 0 Å². The third kappa shape index (κ3) is 4.73. The number of rotatable bonds is 9. The van der Waals surface area contributed by atoms with E-state index < -0.39 is 0 Å². The smallest absolute Gasteiger partial charge is 0.131 e. The maximum Gasteiger partial charge on any atom is 0.131 e. The fraction of sp³-hybridized carbons (Fsp3) is 0.824. The van der Waals surface area contributed by atoms with Crippen molar-refractivity contribution in [3.63, 3.8) is 0 Å². The van der Waals surface area contributed by atoms with Crippen molar-refractivity contribution in [1.82, 2.24) is 15.1 Å². The maximum atomic E-state index is 4.65. The van der Waals surface area contributed by atoms with E-state index in [0.717, 1.165) is 31.2 Å². The van der Waals surface area contributed by atoms with Crippen molar-refractivity contribution >= 4 is 5.82 Å². The minimum atomic E-state index is 0.492. The minimum Gasteiger partial charge on any atom is -0.357 e. The molecule has 0 saturated carbocycles. The van der Waals surface area contributed by atoms with E-state index in [1.165, 1.54) is 24.2 Å². The Kier molecular flexibility index (Phi) is 7.23. The first kappa shape index (κ1) is 18.0. The van der Waals surface area contributed by atoms with E-state index in [9.17, 15) is 0 Å². The zero-order chi connectivity index (χ0) is 16.0. The van der Waals surface area contributed by atoms with Crippen LogP contribution in [0, 0.1) is 12.8 Å². The van der Waals surface area contributed by atoms with Crippen LogP contribution in [0.25, 0.3) is 0 Å². The Hall–Kier alpha value is -1.03. The molecule has 1 N–H and O–H groups in total. The molecule has 0 radical (unpaired) electrons. The van der Waals surface area contributed by atoms with Gasteiger partial charge in [-0.25, -0.2) is 0 Å². The normalized spacial score (nSPS) is 11.7. The summed E-state index contributed by atoms with van der Waals surface area (Å²) < 4.78 is 2.05. The summed E-state index contributed by atoms with van der Waals surface area (Å²) in [5.74, 6) is 2.04. The third-order valence-electron chi connectivity index (χ3n) is 4.31. The molecule has 1 aromatic heterocycles. The van der Waals surface area contributed by atoms with Crippen molar-refractivity contribution < 1.29 is 0 Å². The predicted octanol–water partition coefficient (Wildman–Crippen LogP) is 3.49. The Bertz CT molecular complexity index is 419. The summed E-state index contributed by atoms with van der Waals surface area (Å²) in [6.07, 6.45) is 2.48. The Morgan fingerprint density at radius 1 is 1.19 bits per heavy atom. The SMILES string of the molecule is CCC(CC)CN(CC)c1c(CNC(C)C)c(C)nn1C. The third-order valence-corrected chi connectivity index (χ3v) is 4.31. The molecular weight excluding hydrogens is 260 g/mol. The lowest BCUT2D eigenvalue weighted by Gasteiger charge is -2.28. The van der Waals surface area contributed by atoms with Crippen LogP contribution in [0.15, 0.2) is 0 Å². The summed E-state index contributed by atoms with van der Waals surface area (Å²) in [5.41, 5.74) is 2.49. The van der Waals surface area contributed by atoms with E-state index in [1.54, 1.807) is 0 Å². The van der Waals surface area contributed by atoms with Gasteiger partial charge in [-0.2, -0.15) is 5.10 Å². The number of aryl methyl sites for hydroxylation is 2. The van der Waals surface area contributed by atoms with E-state index in [-0.39, 0.29) is 0 Å². The number of nitrogens with zero attached hydrogens (tertiary/aromatic N) is 3. The molecule has 4 nitrogen and oxygen atoms in total. The van der Waals surface area contributed by atoms with Gasteiger partial charge in [0.2, 0.25) is 0 Å². The molecule has 1 aromatic rings. The van der Waals surface area contributed by atoms with Crippen molar-refractivity contribution in [1.29, 1.82) is 0 Å². The molecule has 122 valence electrons. The van der Waals surface area contributed by atoms with Crippen LogP contribution in [0.1, 0.15) is 58.7 Å². The summed E-state index contributed by atoms with van der Waals surface area (Å²) in [6.45, 7) is 16.4. The first-order valence-electron chi connectivity index (χ1n) is 8.45. The Labute approximate surface area is 130 Å². The quantitative estimate of drug-likeness (QED) is 0.757. The monoisotopic (exact) mass is 294 g/mol. The number of hydrogen-bond acceptors (Lipinski definition) is 3. The van der Waals surface area contributed by atoms with Crippen molar-refractivity contribution in [2.75, 3.05) is 18.0 Å². The van der Waals surface area contributed by atoms with Crippen LogP contribution < -0.4 is 10.2 Å². The fourth-order valence-electron chi connectivity index (χ4n) is 2.82. The highest BCUT2D eigenvalue weighted by atomic mass is 15.4. The molecule has 0 saturated heterocycles. The van der Waals surface area contributed by atoms with Crippen LogP contribution in [0.4, 0.5) is 5.82 Å². The van der Waals surface area contributed by atoms with Gasteiger partial charge < -0.3 is 10.2 Å². The zero-order valence-electron chi connectivity index (χ0n) is 15.0. The average molecular weight is 294 g/mol. The highest BCUT2D eigenvalue weighted by Gasteiger charge is 2.20. The minimum absolute atomic E-state index is 0.492. The van der Waals surface area contributed by atoms with E-state index in [0.29, 0.717) is 6.04 Å². The molecule has 0 aliphatic carbocycles. The van der Waals surface area contributed by atoms with Crippen LogP contribution in [-0.2, 0) is 13.6 Å². The first-order chi connectivity index (χ1) is 9.94. The highest BCUT2D eigenvalue weighted by molar-refractivity contribution is 5.50. The highest BCUT2D eigenvalue weighted by Crippen LogP contribution is 2.25. The Morgan fingerprint density at radius 3 is 2.29 bits per heavy atom. The number of hydrogen-bond donors (Lipinski definition) is 1. The predicted molar refractivity (Wildman–Crippen MR) is 91.9 cm³/mol. The molecule has 0 bridgehead atoms. The van der Waals surface area contributed by atoms with Gasteiger partial charge in [0, 0.05) is 38.3 Å². The molecule has 0 aliphatic rings. The topological polar surface area (TPSA) is 33.1 Å². The van der Waals surface area contributed by atoms with E-state index in [2.05, 4.69) is 68.6 Å². The number of nitrogens with one attached hydrogen (secondary N) is 1. The molecule has 4 heteroatoms. The first-order valence-corrected chi connectivity index (χ1v) is 8.45. The second-order valence-corrected chi connectivity index (χ2v) is 6.27. The van der Waals surface area contributed by atoms with Crippen LogP contribution in [0.3, 0.4) is 0 Å². The molecule has 0 unspecified atom stereocenters. The fourth-order valence-corrected chi connectivity index (χ4v) is 2.82. The largest absolute Gasteiger partial charge is 0.357 e. The van der Waals surface area contributed by atoms with Crippen LogP contribution in [-0.4, -0.2) is 28.9 Å². The van der Waals surface area contributed by atoms with Gasteiger partial charge in [-0.05, 0) is 19.8 Å². The second-order valence-electron chi connectivity index (χ2n) is 6.27. The lowest BCUT2D eigenvalue weighted by molar-refractivity contribution is 0.479. The van der Waals surface area contributed by atoms with Gasteiger partial charge >= 0.3 is 0 Å². The molecular formula is C17H34N4. The maximum absolute atomic E-state index is 4.65.